The third-order valence-corrected chi connectivity index (χ3v) is 3.29. The molecule has 110 valence electrons. The quantitative estimate of drug-likeness (QED) is 0.723. The van der Waals surface area contributed by atoms with Gasteiger partial charge in [-0.3, -0.25) is 14.7 Å². The topological polar surface area (TPSA) is 100 Å². The van der Waals surface area contributed by atoms with Crippen LogP contribution in [0.15, 0.2) is 12.1 Å². The van der Waals surface area contributed by atoms with Gasteiger partial charge in [0, 0.05) is 18.8 Å². The highest BCUT2D eigenvalue weighted by Gasteiger charge is 2.24. The molecule has 0 bridgehead atoms. The normalized spacial score (nSPS) is 15.2. The number of amides is 2. The van der Waals surface area contributed by atoms with Gasteiger partial charge in [-0.25, -0.2) is 4.98 Å². The van der Waals surface area contributed by atoms with Gasteiger partial charge in [-0.05, 0) is 19.1 Å². The number of aromatic nitrogens is 3. The van der Waals surface area contributed by atoms with E-state index in [-0.39, 0.29) is 0 Å². The summed E-state index contributed by atoms with van der Waals surface area (Å²) in [4.78, 5) is 29.7. The first-order valence-electron chi connectivity index (χ1n) is 6.65. The number of aryl methyl sites for hydroxylation is 1. The molecule has 0 atom stereocenters. The van der Waals surface area contributed by atoms with Crippen molar-refractivity contribution in [3.8, 4) is 0 Å². The molecule has 0 aliphatic carbocycles. The van der Waals surface area contributed by atoms with E-state index < -0.39 is 11.8 Å². The van der Waals surface area contributed by atoms with Crippen LogP contribution in [0.4, 0.5) is 5.82 Å². The fourth-order valence-electron chi connectivity index (χ4n) is 2.17. The van der Waals surface area contributed by atoms with E-state index in [1.54, 1.807) is 6.07 Å². The zero-order valence-corrected chi connectivity index (χ0v) is 11.5. The number of rotatable bonds is 1. The molecule has 2 aromatic heterocycles. The van der Waals surface area contributed by atoms with Crippen molar-refractivity contribution in [2.24, 2.45) is 0 Å². The summed E-state index contributed by atoms with van der Waals surface area (Å²) in [5.74, 6) is -0.968. The molecule has 8 heteroatoms. The Morgan fingerprint density at radius 3 is 2.86 bits per heavy atom. The van der Waals surface area contributed by atoms with Crippen LogP contribution in [0.25, 0.3) is 11.0 Å². The number of nitrogens with zero attached hydrogens (tertiary/aromatic N) is 3. The number of hydrogen-bond acceptors (Lipinski definition) is 5. The van der Waals surface area contributed by atoms with Crippen LogP contribution in [0.3, 0.4) is 0 Å². The fourth-order valence-corrected chi connectivity index (χ4v) is 2.17. The standard InChI is InChI=1S/C13H15N5O3/c1-8-2-3-9-10(14-8)16-17-11(9)15-12(19)13(20)18-4-6-21-7-5-18/h2-3H,4-7H2,1H3,(H2,14,15,16,17,19). The molecule has 0 aromatic carbocycles. The fraction of sp³-hybridized carbons (Fsp3) is 0.385. The van der Waals surface area contributed by atoms with Gasteiger partial charge in [0.1, 0.15) is 0 Å². The molecule has 2 aromatic rings. The van der Waals surface area contributed by atoms with Crippen LogP contribution in [-0.4, -0.2) is 58.2 Å². The van der Waals surface area contributed by atoms with Crippen molar-refractivity contribution in [3.63, 3.8) is 0 Å². The number of hydrogen-bond donors (Lipinski definition) is 2. The molecule has 2 amide bonds. The molecule has 0 radical (unpaired) electrons. The van der Waals surface area contributed by atoms with Crippen LogP contribution in [0.5, 0.6) is 0 Å². The Balaban J connectivity index is 1.75. The Bertz CT molecular complexity index is 690. The second-order valence-electron chi connectivity index (χ2n) is 4.78. The maximum Gasteiger partial charge on any atom is 0.315 e. The van der Waals surface area contributed by atoms with Crippen molar-refractivity contribution >= 4 is 28.7 Å². The second kappa shape index (κ2) is 5.49. The van der Waals surface area contributed by atoms with Gasteiger partial charge in [0.25, 0.3) is 0 Å². The molecule has 1 aliphatic rings. The highest BCUT2D eigenvalue weighted by Crippen LogP contribution is 2.18. The number of nitrogens with one attached hydrogen (secondary N) is 2. The van der Waals surface area contributed by atoms with Gasteiger partial charge < -0.3 is 15.0 Å². The monoisotopic (exact) mass is 289 g/mol. The number of carbonyl (C=O) groups is 2. The first-order chi connectivity index (χ1) is 10.1. The highest BCUT2D eigenvalue weighted by atomic mass is 16.5. The van der Waals surface area contributed by atoms with Gasteiger partial charge in [0.2, 0.25) is 0 Å². The number of fused-ring (bicyclic) bond motifs is 1. The number of H-pyrrole nitrogens is 1. The van der Waals surface area contributed by atoms with Gasteiger partial charge in [0.15, 0.2) is 11.5 Å². The summed E-state index contributed by atoms with van der Waals surface area (Å²) in [6.45, 7) is 3.62. The number of ether oxygens (including phenoxy) is 1. The van der Waals surface area contributed by atoms with Crippen LogP contribution in [0.2, 0.25) is 0 Å². The lowest BCUT2D eigenvalue weighted by Gasteiger charge is -2.25. The Hall–Kier alpha value is -2.48. The maximum absolute atomic E-state index is 12.0. The van der Waals surface area contributed by atoms with Gasteiger partial charge in [-0.2, -0.15) is 5.10 Å². The summed E-state index contributed by atoms with van der Waals surface area (Å²) in [6.07, 6.45) is 0. The second-order valence-corrected chi connectivity index (χ2v) is 4.78. The Labute approximate surface area is 120 Å². The van der Waals surface area contributed by atoms with Crippen LogP contribution >= 0.6 is 0 Å². The maximum atomic E-state index is 12.0. The van der Waals surface area contributed by atoms with E-state index in [2.05, 4.69) is 20.5 Å². The summed E-state index contributed by atoms with van der Waals surface area (Å²) in [5, 5.41) is 9.92. The van der Waals surface area contributed by atoms with E-state index in [1.807, 2.05) is 13.0 Å². The van der Waals surface area contributed by atoms with Crippen molar-refractivity contribution in [1.82, 2.24) is 20.1 Å². The van der Waals surface area contributed by atoms with Crippen LogP contribution in [-0.2, 0) is 14.3 Å². The van der Waals surface area contributed by atoms with Crippen molar-refractivity contribution in [2.75, 3.05) is 31.6 Å². The largest absolute Gasteiger partial charge is 0.378 e. The Morgan fingerprint density at radius 1 is 1.33 bits per heavy atom. The Morgan fingerprint density at radius 2 is 2.10 bits per heavy atom. The zero-order valence-electron chi connectivity index (χ0n) is 11.5. The Kier molecular flexibility index (Phi) is 3.53. The molecule has 2 N–H and O–H groups in total. The van der Waals surface area contributed by atoms with E-state index in [0.29, 0.717) is 43.2 Å². The predicted molar refractivity (Wildman–Crippen MR) is 74.7 cm³/mol. The van der Waals surface area contributed by atoms with E-state index in [1.165, 1.54) is 4.90 Å². The molecule has 1 saturated heterocycles. The lowest BCUT2D eigenvalue weighted by molar-refractivity contribution is -0.145. The van der Waals surface area contributed by atoms with E-state index in [9.17, 15) is 9.59 Å². The average molecular weight is 289 g/mol. The molecule has 21 heavy (non-hydrogen) atoms. The molecule has 0 saturated carbocycles. The summed E-state index contributed by atoms with van der Waals surface area (Å²) in [6, 6.07) is 3.62. The molecule has 0 spiro atoms. The summed E-state index contributed by atoms with van der Waals surface area (Å²) in [5.41, 5.74) is 1.41. The van der Waals surface area contributed by atoms with E-state index >= 15 is 0 Å². The summed E-state index contributed by atoms with van der Waals surface area (Å²) >= 11 is 0. The van der Waals surface area contributed by atoms with Gasteiger partial charge >= 0.3 is 11.8 Å². The van der Waals surface area contributed by atoms with Crippen molar-refractivity contribution in [3.05, 3.63) is 17.8 Å². The number of pyridine rings is 1. The summed E-state index contributed by atoms with van der Waals surface area (Å²) in [7, 11) is 0. The minimum atomic E-state index is -0.703. The van der Waals surface area contributed by atoms with Crippen molar-refractivity contribution in [2.45, 2.75) is 6.92 Å². The molecule has 8 nitrogen and oxygen atoms in total. The van der Waals surface area contributed by atoms with Gasteiger partial charge in [-0.1, -0.05) is 0 Å². The summed E-state index contributed by atoms with van der Waals surface area (Å²) < 4.78 is 5.15. The number of aromatic amines is 1. The van der Waals surface area contributed by atoms with Crippen LogP contribution in [0.1, 0.15) is 5.69 Å². The average Bonchev–Trinajstić information content (AvgIpc) is 2.89. The molecule has 1 aliphatic heterocycles. The molecule has 3 rings (SSSR count). The minimum Gasteiger partial charge on any atom is -0.378 e. The van der Waals surface area contributed by atoms with Crippen LogP contribution in [0, 0.1) is 6.92 Å². The minimum absolute atomic E-state index is 0.309. The molecule has 0 unspecified atom stereocenters. The van der Waals surface area contributed by atoms with Gasteiger partial charge in [-0.15, -0.1) is 0 Å². The first kappa shape index (κ1) is 13.5. The van der Waals surface area contributed by atoms with Gasteiger partial charge in [0.05, 0.1) is 18.6 Å². The smallest absolute Gasteiger partial charge is 0.315 e. The SMILES string of the molecule is Cc1ccc2c(NC(=O)C(=O)N3CCOCC3)n[nH]c2n1. The predicted octanol–water partition coefficient (Wildman–Crippen LogP) is 0.0636. The molecular weight excluding hydrogens is 274 g/mol. The third-order valence-electron chi connectivity index (χ3n) is 3.29. The third kappa shape index (κ3) is 2.70. The molecule has 3 heterocycles. The zero-order chi connectivity index (χ0) is 14.8. The lowest BCUT2D eigenvalue weighted by Crippen LogP contribution is -2.45. The molecular formula is C13H15N5O3. The van der Waals surface area contributed by atoms with Crippen LogP contribution < -0.4 is 5.32 Å². The van der Waals surface area contributed by atoms with Crippen molar-refractivity contribution in [1.29, 1.82) is 0 Å². The molecule has 1 fully saturated rings. The number of anilines is 1. The van der Waals surface area contributed by atoms with E-state index in [4.69, 9.17) is 4.74 Å². The van der Waals surface area contributed by atoms with E-state index in [0.717, 1.165) is 5.69 Å². The van der Waals surface area contributed by atoms with Crippen molar-refractivity contribution < 1.29 is 14.3 Å². The highest BCUT2D eigenvalue weighted by molar-refractivity contribution is 6.40. The number of carbonyl (C=O) groups excluding carboxylic acids is 2. The number of morpholine rings is 1. The lowest BCUT2D eigenvalue weighted by atomic mass is 10.3. The first-order valence-corrected chi connectivity index (χ1v) is 6.65.